The van der Waals surface area contributed by atoms with Crippen molar-refractivity contribution in [3.05, 3.63) is 35.4 Å². The van der Waals surface area contributed by atoms with Crippen LogP contribution in [0.1, 0.15) is 26.3 Å². The normalized spacial score (nSPS) is 10.8. The summed E-state index contributed by atoms with van der Waals surface area (Å²) in [6.07, 6.45) is -0.613. The van der Waals surface area contributed by atoms with E-state index in [2.05, 4.69) is 11.9 Å². The molecule has 0 aliphatic carbocycles. The lowest BCUT2D eigenvalue weighted by atomic mass is 10.1. The number of carboxylic acids is 1. The van der Waals surface area contributed by atoms with E-state index in [1.807, 2.05) is 0 Å². The third-order valence-corrected chi connectivity index (χ3v) is 2.51. The Morgan fingerprint density at radius 2 is 1.95 bits per heavy atom. The Bertz CT molecular complexity index is 561. The van der Waals surface area contributed by atoms with Crippen molar-refractivity contribution in [1.82, 2.24) is 0 Å². The fraction of sp³-hybridized carbons (Fsp3) is 0.286. The minimum Gasteiger partial charge on any atom is -0.478 e. The number of benzene rings is 1. The molecule has 0 aromatic heterocycles. The van der Waals surface area contributed by atoms with E-state index in [0.29, 0.717) is 11.3 Å². The summed E-state index contributed by atoms with van der Waals surface area (Å²) in [5.74, 6) is -1.15. The van der Waals surface area contributed by atoms with E-state index in [4.69, 9.17) is 21.4 Å². The number of carboxylic acid groups (broad SMARTS) is 1. The average Bonchev–Trinajstić information content (AvgIpc) is 2.25. The Labute approximate surface area is 122 Å². The largest absolute Gasteiger partial charge is 0.478 e. The van der Waals surface area contributed by atoms with Gasteiger partial charge in [-0.1, -0.05) is 24.2 Å². The quantitative estimate of drug-likeness (QED) is 0.832. The highest BCUT2D eigenvalue weighted by atomic mass is 35.5. The summed E-state index contributed by atoms with van der Waals surface area (Å²) in [4.78, 5) is 22.4. The molecule has 0 unspecified atom stereocenters. The molecule has 1 rings (SSSR count). The zero-order valence-electron chi connectivity index (χ0n) is 11.5. The molecule has 0 aliphatic rings. The molecule has 0 bridgehead atoms. The fourth-order valence-corrected chi connectivity index (χ4v) is 1.67. The lowest BCUT2D eigenvalue weighted by Gasteiger charge is -2.19. The first-order valence-corrected chi connectivity index (χ1v) is 6.20. The molecule has 1 aromatic rings. The number of hydrogen-bond donors (Lipinski definition) is 2. The Morgan fingerprint density at radius 3 is 2.40 bits per heavy atom. The summed E-state index contributed by atoms with van der Waals surface area (Å²) in [7, 11) is 0. The van der Waals surface area contributed by atoms with Gasteiger partial charge in [0.15, 0.2) is 0 Å². The Balaban J connectivity index is 2.86. The number of amides is 1. The first kappa shape index (κ1) is 16.0. The van der Waals surface area contributed by atoms with Gasteiger partial charge in [-0.15, -0.1) is 0 Å². The van der Waals surface area contributed by atoms with Crippen molar-refractivity contribution in [2.45, 2.75) is 26.4 Å². The fourth-order valence-electron chi connectivity index (χ4n) is 1.37. The van der Waals surface area contributed by atoms with E-state index >= 15 is 0 Å². The molecule has 6 heteroatoms. The van der Waals surface area contributed by atoms with Crippen molar-refractivity contribution in [2.24, 2.45) is 0 Å². The summed E-state index contributed by atoms with van der Waals surface area (Å²) in [6, 6.07) is 4.44. The topological polar surface area (TPSA) is 75.6 Å². The van der Waals surface area contributed by atoms with Gasteiger partial charge in [0.05, 0.1) is 10.6 Å². The monoisotopic (exact) mass is 297 g/mol. The molecule has 0 heterocycles. The molecule has 1 amide bonds. The highest BCUT2D eigenvalue weighted by Crippen LogP contribution is 2.26. The number of anilines is 1. The van der Waals surface area contributed by atoms with E-state index in [9.17, 15) is 9.59 Å². The smallest absolute Gasteiger partial charge is 0.412 e. The molecule has 0 fully saturated rings. The van der Waals surface area contributed by atoms with Crippen molar-refractivity contribution in [3.63, 3.8) is 0 Å². The molecular weight excluding hydrogens is 282 g/mol. The summed E-state index contributed by atoms with van der Waals surface area (Å²) in [5, 5.41) is 11.6. The molecular formula is C14H16ClNO4. The van der Waals surface area contributed by atoms with Crippen LogP contribution in [0.4, 0.5) is 10.5 Å². The van der Waals surface area contributed by atoms with Crippen LogP contribution < -0.4 is 5.32 Å². The molecule has 0 radical (unpaired) electrons. The van der Waals surface area contributed by atoms with Gasteiger partial charge in [0.2, 0.25) is 0 Å². The summed E-state index contributed by atoms with van der Waals surface area (Å²) >= 11 is 5.97. The molecule has 20 heavy (non-hydrogen) atoms. The standard InChI is InChI=1S/C14H16ClNO4/c1-8(12(17)18)10-6-5-9(7-11(10)15)16-13(19)20-14(2,3)4/h5-7H,1H2,2-4H3,(H,16,19)(H,17,18). The maximum absolute atomic E-state index is 11.6. The van der Waals surface area contributed by atoms with E-state index < -0.39 is 17.7 Å². The second-order valence-corrected chi connectivity index (χ2v) is 5.51. The molecule has 0 aliphatic heterocycles. The van der Waals surface area contributed by atoms with Crippen LogP contribution in [0.2, 0.25) is 5.02 Å². The molecule has 0 saturated carbocycles. The SMILES string of the molecule is C=C(C(=O)O)c1ccc(NC(=O)OC(C)(C)C)cc1Cl. The van der Waals surface area contributed by atoms with Crippen LogP contribution >= 0.6 is 11.6 Å². The van der Waals surface area contributed by atoms with Gasteiger partial charge in [-0.25, -0.2) is 9.59 Å². The average molecular weight is 298 g/mol. The van der Waals surface area contributed by atoms with Gasteiger partial charge < -0.3 is 9.84 Å². The second kappa shape index (κ2) is 5.96. The van der Waals surface area contributed by atoms with Crippen molar-refractivity contribution < 1.29 is 19.4 Å². The lowest BCUT2D eigenvalue weighted by molar-refractivity contribution is -0.130. The predicted octanol–water partition coefficient (Wildman–Crippen LogP) is 3.78. The Morgan fingerprint density at radius 1 is 1.35 bits per heavy atom. The minimum atomic E-state index is -1.15. The highest BCUT2D eigenvalue weighted by molar-refractivity contribution is 6.34. The van der Waals surface area contributed by atoms with Crippen LogP contribution in [-0.2, 0) is 9.53 Å². The van der Waals surface area contributed by atoms with Gasteiger partial charge in [0.1, 0.15) is 5.60 Å². The van der Waals surface area contributed by atoms with E-state index in [0.717, 1.165) is 0 Å². The van der Waals surface area contributed by atoms with Crippen LogP contribution in [0.15, 0.2) is 24.8 Å². The van der Waals surface area contributed by atoms with Gasteiger partial charge >= 0.3 is 12.1 Å². The third-order valence-electron chi connectivity index (χ3n) is 2.20. The second-order valence-electron chi connectivity index (χ2n) is 5.11. The van der Waals surface area contributed by atoms with Crippen molar-refractivity contribution >= 4 is 34.9 Å². The highest BCUT2D eigenvalue weighted by Gasteiger charge is 2.17. The van der Waals surface area contributed by atoms with Crippen LogP contribution in [-0.4, -0.2) is 22.8 Å². The van der Waals surface area contributed by atoms with Crippen LogP contribution in [0, 0.1) is 0 Å². The zero-order chi connectivity index (χ0) is 15.5. The molecule has 0 saturated heterocycles. The number of nitrogens with one attached hydrogen (secondary N) is 1. The number of halogens is 1. The van der Waals surface area contributed by atoms with Gasteiger partial charge in [-0.05, 0) is 32.9 Å². The van der Waals surface area contributed by atoms with E-state index in [1.54, 1.807) is 20.8 Å². The number of rotatable bonds is 3. The lowest BCUT2D eigenvalue weighted by Crippen LogP contribution is -2.27. The predicted molar refractivity (Wildman–Crippen MR) is 78.0 cm³/mol. The van der Waals surface area contributed by atoms with Crippen molar-refractivity contribution in [2.75, 3.05) is 5.32 Å². The van der Waals surface area contributed by atoms with Crippen molar-refractivity contribution in [1.29, 1.82) is 0 Å². The van der Waals surface area contributed by atoms with Crippen LogP contribution in [0.3, 0.4) is 0 Å². The number of ether oxygens (including phenoxy) is 1. The summed E-state index contributed by atoms with van der Waals surface area (Å²) in [6.45, 7) is 8.68. The summed E-state index contributed by atoms with van der Waals surface area (Å²) < 4.78 is 5.09. The van der Waals surface area contributed by atoms with E-state index in [1.165, 1.54) is 18.2 Å². The van der Waals surface area contributed by atoms with Gasteiger partial charge in [0.25, 0.3) is 0 Å². The van der Waals surface area contributed by atoms with Gasteiger partial charge in [-0.3, -0.25) is 5.32 Å². The van der Waals surface area contributed by atoms with Crippen molar-refractivity contribution in [3.8, 4) is 0 Å². The molecule has 5 nitrogen and oxygen atoms in total. The minimum absolute atomic E-state index is 0.112. The molecule has 2 N–H and O–H groups in total. The van der Waals surface area contributed by atoms with Gasteiger partial charge in [0, 0.05) is 11.3 Å². The van der Waals surface area contributed by atoms with Gasteiger partial charge in [-0.2, -0.15) is 0 Å². The first-order chi connectivity index (χ1) is 9.10. The first-order valence-electron chi connectivity index (χ1n) is 5.82. The molecule has 1 aromatic carbocycles. The molecule has 0 spiro atoms. The molecule has 108 valence electrons. The van der Waals surface area contributed by atoms with Crippen LogP contribution in [0.5, 0.6) is 0 Å². The van der Waals surface area contributed by atoms with Crippen LogP contribution in [0.25, 0.3) is 5.57 Å². The molecule has 0 atom stereocenters. The maximum Gasteiger partial charge on any atom is 0.412 e. The number of hydrogen-bond acceptors (Lipinski definition) is 3. The Hall–Kier alpha value is -2.01. The summed E-state index contributed by atoms with van der Waals surface area (Å²) in [5.41, 5.74) is -0.00953. The maximum atomic E-state index is 11.6. The zero-order valence-corrected chi connectivity index (χ0v) is 12.2. The number of carbonyl (C=O) groups is 2. The van der Waals surface area contributed by atoms with E-state index in [-0.39, 0.29) is 10.6 Å². The third kappa shape index (κ3) is 4.59. The number of aliphatic carboxylic acids is 1. The number of carbonyl (C=O) groups excluding carboxylic acids is 1. The Kier molecular flexibility index (Phi) is 4.78.